The molecule has 2 aromatic carbocycles. The van der Waals surface area contributed by atoms with E-state index in [1.165, 1.54) is 0 Å². The van der Waals surface area contributed by atoms with E-state index < -0.39 is 0 Å². The number of rotatable bonds is 3. The summed E-state index contributed by atoms with van der Waals surface area (Å²) in [6.07, 6.45) is 4.17. The SMILES string of the molecule is N#Cc1ccnc(-c2ncc(Cc3ccc4c(c3)NC(=O)c3ccccc3S4)s2)c1. The number of pyridine rings is 1. The summed E-state index contributed by atoms with van der Waals surface area (Å²) >= 11 is 3.16. The highest BCUT2D eigenvalue weighted by Gasteiger charge is 2.20. The molecule has 0 radical (unpaired) electrons. The fourth-order valence-electron chi connectivity index (χ4n) is 3.25. The first-order valence-corrected chi connectivity index (χ1v) is 10.9. The second-order valence-electron chi connectivity index (χ2n) is 6.73. The first kappa shape index (κ1) is 18.6. The second kappa shape index (κ2) is 7.75. The Morgan fingerprint density at radius 2 is 1.93 bits per heavy atom. The van der Waals surface area contributed by atoms with Gasteiger partial charge in [-0.3, -0.25) is 9.78 Å². The van der Waals surface area contributed by atoms with Gasteiger partial charge in [0.2, 0.25) is 0 Å². The van der Waals surface area contributed by atoms with Crippen LogP contribution in [0.3, 0.4) is 0 Å². The molecular formula is C23H14N4OS2. The van der Waals surface area contributed by atoms with E-state index in [0.29, 0.717) is 23.2 Å². The third-order valence-corrected chi connectivity index (χ3v) is 6.86. The Kier molecular flexibility index (Phi) is 4.79. The summed E-state index contributed by atoms with van der Waals surface area (Å²) in [5.41, 5.74) is 3.88. The third kappa shape index (κ3) is 3.59. The van der Waals surface area contributed by atoms with Crippen LogP contribution in [-0.4, -0.2) is 15.9 Å². The van der Waals surface area contributed by atoms with E-state index >= 15 is 0 Å². The number of nitrogens with one attached hydrogen (secondary N) is 1. The maximum Gasteiger partial charge on any atom is 0.256 e. The predicted octanol–water partition coefficient (Wildman–Crippen LogP) is 5.38. The normalized spacial score (nSPS) is 12.3. The fraction of sp³-hybridized carbons (Fsp3) is 0.0435. The Hall–Kier alpha value is -3.47. The smallest absolute Gasteiger partial charge is 0.256 e. The highest BCUT2D eigenvalue weighted by Crippen LogP contribution is 2.39. The van der Waals surface area contributed by atoms with Crippen LogP contribution in [0.15, 0.2) is 76.8 Å². The van der Waals surface area contributed by atoms with Crippen molar-refractivity contribution in [1.29, 1.82) is 5.26 Å². The van der Waals surface area contributed by atoms with E-state index in [2.05, 4.69) is 33.5 Å². The molecule has 1 amide bonds. The number of benzene rings is 2. The molecule has 4 aromatic rings. The standard InChI is InChI=1S/C23H14N4OS2/c24-12-15-7-8-25-19(11-15)23-26-13-16(29-23)9-14-5-6-21-18(10-14)27-22(28)17-3-1-2-4-20(17)30-21/h1-8,10-11,13H,9H2,(H,27,28). The number of amides is 1. The minimum Gasteiger partial charge on any atom is -0.321 e. The van der Waals surface area contributed by atoms with Crippen LogP contribution in [0.4, 0.5) is 5.69 Å². The molecule has 5 nitrogen and oxygen atoms in total. The number of fused-ring (bicyclic) bond motifs is 2. The highest BCUT2D eigenvalue weighted by atomic mass is 32.2. The molecule has 0 saturated carbocycles. The Labute approximate surface area is 181 Å². The molecule has 144 valence electrons. The molecule has 0 bridgehead atoms. The Balaban J connectivity index is 1.40. The summed E-state index contributed by atoms with van der Waals surface area (Å²) in [5.74, 6) is -0.0856. The van der Waals surface area contributed by atoms with Crippen LogP contribution in [0.5, 0.6) is 0 Å². The van der Waals surface area contributed by atoms with Gasteiger partial charge in [-0.05, 0) is 42.0 Å². The largest absolute Gasteiger partial charge is 0.321 e. The van der Waals surface area contributed by atoms with Gasteiger partial charge in [-0.1, -0.05) is 30.0 Å². The Morgan fingerprint density at radius 1 is 1.03 bits per heavy atom. The van der Waals surface area contributed by atoms with Crippen molar-refractivity contribution in [2.45, 2.75) is 16.2 Å². The van der Waals surface area contributed by atoms with Crippen LogP contribution in [0.2, 0.25) is 0 Å². The lowest BCUT2D eigenvalue weighted by molar-refractivity contribution is 0.102. The third-order valence-electron chi connectivity index (χ3n) is 4.68. The maximum absolute atomic E-state index is 12.6. The van der Waals surface area contributed by atoms with Crippen molar-refractivity contribution < 1.29 is 4.79 Å². The van der Waals surface area contributed by atoms with E-state index in [-0.39, 0.29) is 5.91 Å². The first-order chi connectivity index (χ1) is 14.7. The van der Waals surface area contributed by atoms with E-state index in [1.54, 1.807) is 41.4 Å². The molecular weight excluding hydrogens is 412 g/mol. The van der Waals surface area contributed by atoms with Crippen molar-refractivity contribution >= 4 is 34.7 Å². The molecule has 1 aliphatic rings. The average molecular weight is 427 g/mol. The van der Waals surface area contributed by atoms with Gasteiger partial charge in [0.05, 0.1) is 22.9 Å². The minimum atomic E-state index is -0.0856. The Bertz CT molecular complexity index is 1320. The molecule has 5 rings (SSSR count). The molecule has 0 saturated heterocycles. The van der Waals surface area contributed by atoms with Gasteiger partial charge in [0, 0.05) is 33.5 Å². The van der Waals surface area contributed by atoms with Crippen LogP contribution in [0.25, 0.3) is 10.7 Å². The molecule has 0 atom stereocenters. The maximum atomic E-state index is 12.6. The second-order valence-corrected chi connectivity index (χ2v) is 8.93. The minimum absolute atomic E-state index is 0.0856. The summed E-state index contributed by atoms with van der Waals surface area (Å²) in [5, 5.41) is 12.9. The number of aromatic nitrogens is 2. The van der Waals surface area contributed by atoms with Crippen molar-refractivity contribution in [3.63, 3.8) is 0 Å². The summed E-state index contributed by atoms with van der Waals surface area (Å²) in [6.45, 7) is 0. The number of carbonyl (C=O) groups excluding carboxylic acids is 1. The van der Waals surface area contributed by atoms with Crippen molar-refractivity contribution in [2.75, 3.05) is 5.32 Å². The molecule has 1 aliphatic heterocycles. The zero-order valence-electron chi connectivity index (χ0n) is 15.6. The van der Waals surface area contributed by atoms with Gasteiger partial charge in [-0.25, -0.2) is 4.98 Å². The number of hydrogen-bond donors (Lipinski definition) is 1. The van der Waals surface area contributed by atoms with Crippen LogP contribution >= 0.6 is 23.1 Å². The predicted molar refractivity (Wildman–Crippen MR) is 118 cm³/mol. The molecule has 1 N–H and O–H groups in total. The number of hydrogen-bond acceptors (Lipinski definition) is 6. The molecule has 2 aromatic heterocycles. The number of anilines is 1. The molecule has 3 heterocycles. The van der Waals surface area contributed by atoms with Gasteiger partial charge in [0.15, 0.2) is 0 Å². The van der Waals surface area contributed by atoms with Crippen molar-refractivity contribution in [2.24, 2.45) is 0 Å². The zero-order valence-corrected chi connectivity index (χ0v) is 17.3. The monoisotopic (exact) mass is 426 g/mol. The number of thiazole rings is 1. The van der Waals surface area contributed by atoms with Crippen LogP contribution < -0.4 is 5.32 Å². The topological polar surface area (TPSA) is 78.7 Å². The van der Waals surface area contributed by atoms with Gasteiger partial charge in [0.25, 0.3) is 5.91 Å². The average Bonchev–Trinajstić information content (AvgIpc) is 3.18. The van der Waals surface area contributed by atoms with Crippen molar-refractivity contribution in [1.82, 2.24) is 9.97 Å². The van der Waals surface area contributed by atoms with Gasteiger partial charge >= 0.3 is 0 Å². The van der Waals surface area contributed by atoms with E-state index in [9.17, 15) is 4.79 Å². The Morgan fingerprint density at radius 3 is 2.83 bits per heavy atom. The van der Waals surface area contributed by atoms with Crippen molar-refractivity contribution in [3.05, 3.63) is 88.6 Å². The summed E-state index contributed by atoms with van der Waals surface area (Å²) in [6, 6.07) is 19.4. The van der Waals surface area contributed by atoms with Crippen LogP contribution in [0, 0.1) is 11.3 Å². The van der Waals surface area contributed by atoms with Gasteiger partial charge in [0.1, 0.15) is 10.7 Å². The van der Waals surface area contributed by atoms with Crippen LogP contribution in [-0.2, 0) is 6.42 Å². The molecule has 30 heavy (non-hydrogen) atoms. The molecule has 0 spiro atoms. The van der Waals surface area contributed by atoms with Gasteiger partial charge < -0.3 is 5.32 Å². The number of carbonyl (C=O) groups is 1. The number of nitriles is 1. The van der Waals surface area contributed by atoms with E-state index in [0.717, 1.165) is 30.9 Å². The van der Waals surface area contributed by atoms with E-state index in [1.807, 2.05) is 36.5 Å². The van der Waals surface area contributed by atoms with Crippen molar-refractivity contribution in [3.8, 4) is 16.8 Å². The highest BCUT2D eigenvalue weighted by molar-refractivity contribution is 7.99. The lowest BCUT2D eigenvalue weighted by Gasteiger charge is -2.08. The van der Waals surface area contributed by atoms with Gasteiger partial charge in [-0.15, -0.1) is 11.3 Å². The van der Waals surface area contributed by atoms with Crippen LogP contribution in [0.1, 0.15) is 26.4 Å². The molecule has 0 fully saturated rings. The quantitative estimate of drug-likeness (QED) is 0.475. The lowest BCUT2D eigenvalue weighted by Crippen LogP contribution is -2.11. The molecule has 0 unspecified atom stereocenters. The molecule has 7 heteroatoms. The first-order valence-electron chi connectivity index (χ1n) is 9.22. The fourth-order valence-corrected chi connectivity index (χ4v) is 5.18. The molecule has 0 aliphatic carbocycles. The summed E-state index contributed by atoms with van der Waals surface area (Å²) in [7, 11) is 0. The van der Waals surface area contributed by atoms with Gasteiger partial charge in [-0.2, -0.15) is 5.26 Å². The number of nitrogens with zero attached hydrogens (tertiary/aromatic N) is 3. The summed E-state index contributed by atoms with van der Waals surface area (Å²) in [4.78, 5) is 24.5. The zero-order chi connectivity index (χ0) is 20.5. The summed E-state index contributed by atoms with van der Waals surface area (Å²) < 4.78 is 0. The van der Waals surface area contributed by atoms with E-state index in [4.69, 9.17) is 5.26 Å². The lowest BCUT2D eigenvalue weighted by atomic mass is 10.1.